The lowest BCUT2D eigenvalue weighted by molar-refractivity contribution is 0.0950. The number of aryl methyl sites for hydroxylation is 2. The fraction of sp³-hybridized carbons (Fsp3) is 0.214. The van der Waals surface area contributed by atoms with Gasteiger partial charge in [-0.3, -0.25) is 4.79 Å². The monoisotopic (exact) mass is 260 g/mol. The number of anilines is 1. The van der Waals surface area contributed by atoms with Crippen LogP contribution < -0.4 is 11.1 Å². The molecule has 1 heterocycles. The lowest BCUT2D eigenvalue weighted by Gasteiger charge is -2.08. The molecular weight excluding hydrogens is 244 g/mol. The summed E-state index contributed by atoms with van der Waals surface area (Å²) >= 11 is 1.65. The maximum absolute atomic E-state index is 12.0. The fourth-order valence-electron chi connectivity index (χ4n) is 1.78. The molecule has 0 radical (unpaired) electrons. The number of rotatable bonds is 3. The Morgan fingerprint density at radius 2 is 2.06 bits per heavy atom. The summed E-state index contributed by atoms with van der Waals surface area (Å²) in [5.41, 5.74) is 10.3. The normalized spacial score (nSPS) is 10.3. The number of amides is 1. The Bertz CT molecular complexity index is 575. The van der Waals surface area contributed by atoms with Crippen LogP contribution in [0.2, 0.25) is 0 Å². The van der Waals surface area contributed by atoms with Crippen molar-refractivity contribution in [3.05, 3.63) is 51.2 Å². The molecule has 4 heteroatoms. The van der Waals surface area contributed by atoms with E-state index in [-0.39, 0.29) is 5.91 Å². The van der Waals surface area contributed by atoms with Crippen LogP contribution in [0.3, 0.4) is 0 Å². The molecule has 1 amide bonds. The van der Waals surface area contributed by atoms with E-state index in [2.05, 4.69) is 16.1 Å². The van der Waals surface area contributed by atoms with Gasteiger partial charge in [0.1, 0.15) is 0 Å². The van der Waals surface area contributed by atoms with E-state index in [1.165, 1.54) is 11.1 Å². The third-order valence-corrected chi connectivity index (χ3v) is 3.81. The second kappa shape index (κ2) is 5.23. The summed E-state index contributed by atoms with van der Waals surface area (Å²) < 4.78 is 0. The summed E-state index contributed by atoms with van der Waals surface area (Å²) in [6.07, 6.45) is 0. The van der Waals surface area contributed by atoms with E-state index in [1.807, 2.05) is 19.9 Å². The van der Waals surface area contributed by atoms with Gasteiger partial charge in [-0.05, 0) is 59.5 Å². The maximum Gasteiger partial charge on any atom is 0.251 e. The number of thiophene rings is 1. The summed E-state index contributed by atoms with van der Waals surface area (Å²) in [6.45, 7) is 4.51. The number of carbonyl (C=O) groups is 1. The van der Waals surface area contributed by atoms with E-state index < -0.39 is 0 Å². The van der Waals surface area contributed by atoms with Crippen LogP contribution >= 0.6 is 11.3 Å². The van der Waals surface area contributed by atoms with E-state index in [1.54, 1.807) is 23.5 Å². The van der Waals surface area contributed by atoms with Crippen LogP contribution in [0.4, 0.5) is 5.69 Å². The van der Waals surface area contributed by atoms with E-state index in [0.717, 1.165) is 5.56 Å². The van der Waals surface area contributed by atoms with Gasteiger partial charge in [-0.15, -0.1) is 0 Å². The van der Waals surface area contributed by atoms with Gasteiger partial charge in [-0.1, -0.05) is 0 Å². The molecule has 0 aliphatic carbocycles. The van der Waals surface area contributed by atoms with Crippen molar-refractivity contribution in [3.63, 3.8) is 0 Å². The van der Waals surface area contributed by atoms with Crippen molar-refractivity contribution >= 4 is 22.9 Å². The minimum Gasteiger partial charge on any atom is -0.399 e. The molecule has 0 bridgehead atoms. The van der Waals surface area contributed by atoms with Crippen molar-refractivity contribution in [1.29, 1.82) is 0 Å². The van der Waals surface area contributed by atoms with Gasteiger partial charge < -0.3 is 11.1 Å². The zero-order valence-electron chi connectivity index (χ0n) is 10.5. The zero-order valence-corrected chi connectivity index (χ0v) is 11.3. The zero-order chi connectivity index (χ0) is 13.1. The van der Waals surface area contributed by atoms with Crippen molar-refractivity contribution in [2.24, 2.45) is 0 Å². The van der Waals surface area contributed by atoms with Crippen molar-refractivity contribution in [1.82, 2.24) is 5.32 Å². The molecule has 94 valence electrons. The molecule has 0 spiro atoms. The molecule has 1 aromatic carbocycles. The van der Waals surface area contributed by atoms with Gasteiger partial charge in [-0.2, -0.15) is 11.3 Å². The highest BCUT2D eigenvalue weighted by molar-refractivity contribution is 7.08. The molecule has 2 rings (SSSR count). The fourth-order valence-corrected chi connectivity index (χ4v) is 2.64. The molecule has 3 nitrogen and oxygen atoms in total. The number of carbonyl (C=O) groups excluding carboxylic acids is 1. The van der Waals surface area contributed by atoms with E-state index in [0.29, 0.717) is 17.8 Å². The molecule has 1 aromatic heterocycles. The molecule has 3 N–H and O–H groups in total. The Balaban J connectivity index is 2.06. The maximum atomic E-state index is 12.0. The number of nitrogens with one attached hydrogen (secondary N) is 1. The summed E-state index contributed by atoms with van der Waals surface area (Å²) in [4.78, 5) is 12.0. The number of hydrogen-bond donors (Lipinski definition) is 2. The van der Waals surface area contributed by atoms with Crippen LogP contribution in [0, 0.1) is 13.8 Å². The number of hydrogen-bond acceptors (Lipinski definition) is 3. The highest BCUT2D eigenvalue weighted by Crippen LogP contribution is 2.15. The lowest BCUT2D eigenvalue weighted by Crippen LogP contribution is -2.23. The van der Waals surface area contributed by atoms with Crippen molar-refractivity contribution in [3.8, 4) is 0 Å². The van der Waals surface area contributed by atoms with E-state index in [9.17, 15) is 4.79 Å². The van der Waals surface area contributed by atoms with Crippen LogP contribution in [0.1, 0.15) is 27.0 Å². The minimum atomic E-state index is -0.0573. The first-order chi connectivity index (χ1) is 8.58. The first kappa shape index (κ1) is 12.6. The third-order valence-electron chi connectivity index (χ3n) is 2.90. The van der Waals surface area contributed by atoms with E-state index in [4.69, 9.17) is 5.73 Å². The summed E-state index contributed by atoms with van der Waals surface area (Å²) in [6, 6.07) is 5.32. The average Bonchev–Trinajstić information content (AvgIpc) is 2.72. The van der Waals surface area contributed by atoms with Crippen molar-refractivity contribution in [2.45, 2.75) is 20.4 Å². The Kier molecular flexibility index (Phi) is 3.67. The van der Waals surface area contributed by atoms with Gasteiger partial charge in [0.2, 0.25) is 0 Å². The standard InChI is InChI=1S/C14H16N2OS/c1-9-5-12(15)3-4-13(9)14(17)16-6-11-8-18-7-10(11)2/h3-5,7-8H,6,15H2,1-2H3,(H,16,17). The predicted octanol–water partition coefficient (Wildman–Crippen LogP) is 2.88. The van der Waals surface area contributed by atoms with Gasteiger partial charge in [0, 0.05) is 17.8 Å². The summed E-state index contributed by atoms with van der Waals surface area (Å²) in [5.74, 6) is -0.0573. The van der Waals surface area contributed by atoms with Crippen molar-refractivity contribution in [2.75, 3.05) is 5.73 Å². The number of nitrogens with two attached hydrogens (primary N) is 1. The Morgan fingerprint density at radius 1 is 1.28 bits per heavy atom. The summed E-state index contributed by atoms with van der Waals surface area (Å²) in [7, 11) is 0. The first-order valence-electron chi connectivity index (χ1n) is 5.74. The lowest BCUT2D eigenvalue weighted by atomic mass is 10.1. The number of nitrogen functional groups attached to an aromatic ring is 1. The molecule has 0 aliphatic rings. The summed E-state index contributed by atoms with van der Waals surface area (Å²) in [5, 5.41) is 7.07. The van der Waals surface area contributed by atoms with Crippen LogP contribution in [-0.2, 0) is 6.54 Å². The van der Waals surface area contributed by atoms with Gasteiger partial charge >= 0.3 is 0 Å². The Hall–Kier alpha value is -1.81. The minimum absolute atomic E-state index is 0.0573. The molecule has 0 unspecified atom stereocenters. The second-order valence-electron chi connectivity index (χ2n) is 4.34. The predicted molar refractivity (Wildman–Crippen MR) is 75.8 cm³/mol. The average molecular weight is 260 g/mol. The highest BCUT2D eigenvalue weighted by atomic mass is 32.1. The molecule has 2 aromatic rings. The van der Waals surface area contributed by atoms with Gasteiger partial charge in [0.25, 0.3) is 5.91 Å². The Labute approximate surface area is 111 Å². The van der Waals surface area contributed by atoms with Crippen LogP contribution in [0.15, 0.2) is 29.0 Å². The Morgan fingerprint density at radius 3 is 2.67 bits per heavy atom. The van der Waals surface area contributed by atoms with Crippen LogP contribution in [0.25, 0.3) is 0 Å². The second-order valence-corrected chi connectivity index (χ2v) is 5.08. The van der Waals surface area contributed by atoms with Gasteiger partial charge in [0.05, 0.1) is 0 Å². The van der Waals surface area contributed by atoms with Crippen LogP contribution in [0.5, 0.6) is 0 Å². The molecule has 0 aliphatic heterocycles. The van der Waals surface area contributed by atoms with Crippen LogP contribution in [-0.4, -0.2) is 5.91 Å². The molecule has 0 atom stereocenters. The SMILES string of the molecule is Cc1cscc1CNC(=O)c1ccc(N)cc1C. The third kappa shape index (κ3) is 2.71. The molecule has 0 saturated heterocycles. The first-order valence-corrected chi connectivity index (χ1v) is 6.68. The van der Waals surface area contributed by atoms with Gasteiger partial charge in [0.15, 0.2) is 0 Å². The quantitative estimate of drug-likeness (QED) is 0.834. The van der Waals surface area contributed by atoms with Gasteiger partial charge in [-0.25, -0.2) is 0 Å². The highest BCUT2D eigenvalue weighted by Gasteiger charge is 2.09. The van der Waals surface area contributed by atoms with E-state index >= 15 is 0 Å². The smallest absolute Gasteiger partial charge is 0.251 e. The van der Waals surface area contributed by atoms with Crippen molar-refractivity contribution < 1.29 is 4.79 Å². The molecule has 0 fully saturated rings. The number of benzene rings is 1. The molecule has 0 saturated carbocycles. The molecular formula is C14H16N2OS. The molecule has 18 heavy (non-hydrogen) atoms. The topological polar surface area (TPSA) is 55.1 Å². The largest absolute Gasteiger partial charge is 0.399 e.